The van der Waals surface area contributed by atoms with E-state index in [1.807, 2.05) is 38.1 Å². The van der Waals surface area contributed by atoms with E-state index in [0.29, 0.717) is 40.2 Å². The van der Waals surface area contributed by atoms with Gasteiger partial charge in [-0.05, 0) is 54.2 Å². The number of amides is 2. The van der Waals surface area contributed by atoms with Gasteiger partial charge < -0.3 is 15.0 Å². The molecule has 0 fully saturated rings. The van der Waals surface area contributed by atoms with E-state index in [-0.39, 0.29) is 25.0 Å². The van der Waals surface area contributed by atoms with Crippen LogP contribution in [0.2, 0.25) is 10.0 Å². The third-order valence-corrected chi connectivity index (χ3v) is 5.79. The monoisotopic (exact) mass is 478 g/mol. The van der Waals surface area contributed by atoms with E-state index in [4.69, 9.17) is 27.9 Å². The molecule has 0 aliphatic heterocycles. The molecule has 0 radical (unpaired) electrons. The molecule has 0 unspecified atom stereocenters. The van der Waals surface area contributed by atoms with Crippen LogP contribution in [0.25, 0.3) is 0 Å². The molecule has 5 nitrogen and oxygen atoms in total. The molecule has 2 amide bonds. The number of ether oxygens (including phenoxy) is 1. The van der Waals surface area contributed by atoms with E-state index >= 15 is 0 Å². The second-order valence-corrected chi connectivity index (χ2v) is 8.83. The third kappa shape index (κ3) is 7.42. The Labute approximate surface area is 201 Å². The molecular weight excluding hydrogens is 447 g/mol. The number of nitrogens with zero attached hydrogens (tertiary/aromatic N) is 1. The molecule has 1 atom stereocenters. The van der Waals surface area contributed by atoms with Gasteiger partial charge in [0.25, 0.3) is 5.91 Å². The Kier molecular flexibility index (Phi) is 10.3. The van der Waals surface area contributed by atoms with Crippen LogP contribution in [-0.2, 0) is 16.1 Å². The molecular formula is C25H32Cl2N2O3. The molecule has 0 heterocycles. The highest BCUT2D eigenvalue weighted by Crippen LogP contribution is 2.24. The summed E-state index contributed by atoms with van der Waals surface area (Å²) in [6, 6.07) is 12.2. The fraction of sp³-hybridized carbons (Fsp3) is 0.440. The summed E-state index contributed by atoms with van der Waals surface area (Å²) in [5.74, 6) is 0.546. The van der Waals surface area contributed by atoms with E-state index in [1.54, 1.807) is 18.2 Å². The first-order valence-electron chi connectivity index (χ1n) is 11.0. The van der Waals surface area contributed by atoms with Gasteiger partial charge in [-0.3, -0.25) is 9.59 Å². The number of nitrogens with one attached hydrogen (secondary N) is 1. The van der Waals surface area contributed by atoms with Gasteiger partial charge in [0, 0.05) is 23.1 Å². The van der Waals surface area contributed by atoms with Crippen LogP contribution in [0.15, 0.2) is 42.5 Å². The van der Waals surface area contributed by atoms with Crippen LogP contribution in [0.5, 0.6) is 5.75 Å². The number of carbonyl (C=O) groups is 2. The largest absolute Gasteiger partial charge is 0.484 e. The van der Waals surface area contributed by atoms with Crippen molar-refractivity contribution in [3.63, 3.8) is 0 Å². The molecule has 0 aliphatic rings. The second kappa shape index (κ2) is 12.7. The van der Waals surface area contributed by atoms with Gasteiger partial charge in [0.2, 0.25) is 5.91 Å². The van der Waals surface area contributed by atoms with Gasteiger partial charge in [-0.15, -0.1) is 0 Å². The summed E-state index contributed by atoms with van der Waals surface area (Å²) in [7, 11) is 0. The molecule has 32 heavy (non-hydrogen) atoms. The van der Waals surface area contributed by atoms with Gasteiger partial charge in [0.05, 0.1) is 0 Å². The number of halogens is 2. The lowest BCUT2D eigenvalue weighted by molar-refractivity contribution is -0.143. The standard InChI is InChI=1S/C25H32Cl2N2O3/c1-5-13-28-25(31)23(6-2)29(15-19-7-10-20(26)14-22(19)27)24(30)16-32-21-11-8-18(9-12-21)17(3)4/h7-12,14,17,23H,5-6,13,15-16H2,1-4H3,(H,28,31)/t23-/m1/s1. The van der Waals surface area contributed by atoms with Gasteiger partial charge in [0.1, 0.15) is 11.8 Å². The maximum atomic E-state index is 13.2. The van der Waals surface area contributed by atoms with E-state index in [0.717, 1.165) is 6.42 Å². The van der Waals surface area contributed by atoms with Gasteiger partial charge in [-0.1, -0.05) is 69.1 Å². The molecule has 2 rings (SSSR count). The maximum absolute atomic E-state index is 13.2. The highest BCUT2D eigenvalue weighted by molar-refractivity contribution is 6.35. The van der Waals surface area contributed by atoms with Crippen LogP contribution < -0.4 is 10.1 Å². The average Bonchev–Trinajstić information content (AvgIpc) is 2.77. The quantitative estimate of drug-likeness (QED) is 0.441. The third-order valence-electron chi connectivity index (χ3n) is 5.20. The molecule has 0 saturated carbocycles. The average molecular weight is 479 g/mol. The number of benzene rings is 2. The van der Waals surface area contributed by atoms with Crippen molar-refractivity contribution in [2.75, 3.05) is 13.2 Å². The van der Waals surface area contributed by atoms with E-state index in [1.165, 1.54) is 10.5 Å². The minimum absolute atomic E-state index is 0.177. The summed E-state index contributed by atoms with van der Waals surface area (Å²) in [5.41, 5.74) is 1.91. The summed E-state index contributed by atoms with van der Waals surface area (Å²) in [4.78, 5) is 27.5. The van der Waals surface area contributed by atoms with Crippen molar-refractivity contribution in [2.24, 2.45) is 0 Å². The highest BCUT2D eigenvalue weighted by Gasteiger charge is 2.29. The highest BCUT2D eigenvalue weighted by atomic mass is 35.5. The second-order valence-electron chi connectivity index (χ2n) is 7.98. The Bertz CT molecular complexity index is 901. The summed E-state index contributed by atoms with van der Waals surface area (Å²) in [6.45, 7) is 8.66. The first-order chi connectivity index (χ1) is 15.3. The van der Waals surface area contributed by atoms with Crippen LogP contribution in [0.4, 0.5) is 0 Å². The minimum atomic E-state index is -0.632. The summed E-state index contributed by atoms with van der Waals surface area (Å²) >= 11 is 12.4. The summed E-state index contributed by atoms with van der Waals surface area (Å²) < 4.78 is 5.75. The maximum Gasteiger partial charge on any atom is 0.261 e. The number of hydrogen-bond acceptors (Lipinski definition) is 3. The lowest BCUT2D eigenvalue weighted by atomic mass is 10.0. The topological polar surface area (TPSA) is 58.6 Å². The molecule has 2 aromatic carbocycles. The van der Waals surface area contributed by atoms with E-state index < -0.39 is 6.04 Å². The number of rotatable bonds is 11. The molecule has 0 aliphatic carbocycles. The van der Waals surface area contributed by atoms with Gasteiger partial charge in [0.15, 0.2) is 6.61 Å². The summed E-state index contributed by atoms with van der Waals surface area (Å²) in [6.07, 6.45) is 1.28. The molecule has 0 spiro atoms. The fourth-order valence-corrected chi connectivity index (χ4v) is 3.76. The van der Waals surface area contributed by atoms with Crippen molar-refractivity contribution in [3.8, 4) is 5.75 Å². The molecule has 0 aromatic heterocycles. The minimum Gasteiger partial charge on any atom is -0.484 e. The van der Waals surface area contributed by atoms with Crippen LogP contribution in [-0.4, -0.2) is 35.9 Å². The smallest absolute Gasteiger partial charge is 0.261 e. The van der Waals surface area contributed by atoms with Crippen molar-refractivity contribution >= 4 is 35.0 Å². The van der Waals surface area contributed by atoms with Crippen molar-refractivity contribution in [1.29, 1.82) is 0 Å². The Hall–Kier alpha value is -2.24. The Morgan fingerprint density at radius 1 is 1.06 bits per heavy atom. The first kappa shape index (κ1) is 26.0. The summed E-state index contributed by atoms with van der Waals surface area (Å²) in [5, 5.41) is 3.85. The molecule has 1 N–H and O–H groups in total. The molecule has 174 valence electrons. The Morgan fingerprint density at radius 2 is 1.75 bits per heavy atom. The van der Waals surface area contributed by atoms with Gasteiger partial charge in [-0.2, -0.15) is 0 Å². The zero-order valence-electron chi connectivity index (χ0n) is 19.2. The predicted molar refractivity (Wildman–Crippen MR) is 130 cm³/mol. The lowest BCUT2D eigenvalue weighted by Crippen LogP contribution is -2.50. The SMILES string of the molecule is CCCNC(=O)[C@@H](CC)N(Cc1ccc(Cl)cc1Cl)C(=O)COc1ccc(C(C)C)cc1. The first-order valence-corrected chi connectivity index (χ1v) is 11.8. The number of hydrogen-bond donors (Lipinski definition) is 1. The lowest BCUT2D eigenvalue weighted by Gasteiger charge is -2.31. The van der Waals surface area contributed by atoms with Crippen molar-refractivity contribution in [1.82, 2.24) is 10.2 Å². The number of carbonyl (C=O) groups excluding carboxylic acids is 2. The van der Waals surface area contributed by atoms with Gasteiger partial charge in [-0.25, -0.2) is 0 Å². The van der Waals surface area contributed by atoms with Crippen LogP contribution in [0, 0.1) is 0 Å². The van der Waals surface area contributed by atoms with Crippen molar-refractivity contribution in [3.05, 3.63) is 63.6 Å². The molecule has 2 aromatic rings. The van der Waals surface area contributed by atoms with E-state index in [9.17, 15) is 9.59 Å². The van der Waals surface area contributed by atoms with Crippen molar-refractivity contribution in [2.45, 2.75) is 59.0 Å². The van der Waals surface area contributed by atoms with Crippen LogP contribution in [0.1, 0.15) is 57.6 Å². The molecule has 0 bridgehead atoms. The fourth-order valence-electron chi connectivity index (χ4n) is 3.30. The van der Waals surface area contributed by atoms with Gasteiger partial charge >= 0.3 is 0 Å². The molecule has 0 saturated heterocycles. The van der Waals surface area contributed by atoms with E-state index in [2.05, 4.69) is 19.2 Å². The predicted octanol–water partition coefficient (Wildman–Crippen LogP) is 5.83. The van der Waals surface area contributed by atoms with Crippen LogP contribution >= 0.6 is 23.2 Å². The zero-order chi connectivity index (χ0) is 23.7. The Morgan fingerprint density at radius 3 is 2.31 bits per heavy atom. The molecule has 7 heteroatoms. The van der Waals surface area contributed by atoms with Crippen molar-refractivity contribution < 1.29 is 14.3 Å². The Balaban J connectivity index is 2.21. The normalized spacial score (nSPS) is 11.8. The van der Waals surface area contributed by atoms with Crippen LogP contribution in [0.3, 0.4) is 0 Å². The zero-order valence-corrected chi connectivity index (χ0v) is 20.7.